The van der Waals surface area contributed by atoms with Crippen LogP contribution in [0.25, 0.3) is 11.1 Å². The first kappa shape index (κ1) is 11.3. The molecule has 4 heteroatoms. The Labute approximate surface area is 113 Å². The van der Waals surface area contributed by atoms with Gasteiger partial charge in [0.1, 0.15) is 5.75 Å². The highest BCUT2D eigenvalue weighted by molar-refractivity contribution is 6.22. The van der Waals surface area contributed by atoms with Gasteiger partial charge in [0.15, 0.2) is 5.78 Å². The lowest BCUT2D eigenvalue weighted by Gasteiger charge is -2.05. The first-order chi connectivity index (χ1) is 8.74. The molecule has 0 saturated heterocycles. The summed E-state index contributed by atoms with van der Waals surface area (Å²) >= 11 is 2.18. The van der Waals surface area contributed by atoms with Gasteiger partial charge in [0.05, 0.1) is 12.9 Å². The molecule has 18 heavy (non-hydrogen) atoms. The molecule has 1 aliphatic carbocycles. The molecule has 3 rings (SSSR count). The average Bonchev–Trinajstić information content (AvgIpc) is 2.71. The molecule has 0 saturated carbocycles. The fraction of sp³-hybridized carbons (Fsp3) is 0.0714. The van der Waals surface area contributed by atoms with Crippen LogP contribution in [0.2, 0.25) is 0 Å². The maximum atomic E-state index is 12.3. The summed E-state index contributed by atoms with van der Waals surface area (Å²) in [5.41, 5.74) is 3.26. The van der Waals surface area contributed by atoms with Crippen LogP contribution in [0.3, 0.4) is 0 Å². The van der Waals surface area contributed by atoms with E-state index in [9.17, 15) is 4.79 Å². The molecule has 0 spiro atoms. The highest BCUT2D eigenvalue weighted by atomic mass is 27.1. The molecule has 3 nitrogen and oxygen atoms in total. The van der Waals surface area contributed by atoms with Crippen LogP contribution in [0.15, 0.2) is 36.4 Å². The first-order valence-corrected chi connectivity index (χ1v) is 5.95. The number of fused-ring (bicyclic) bond motifs is 3. The van der Waals surface area contributed by atoms with Crippen molar-refractivity contribution in [3.63, 3.8) is 0 Å². The van der Waals surface area contributed by atoms with E-state index in [0.717, 1.165) is 11.1 Å². The second kappa shape index (κ2) is 4.17. The summed E-state index contributed by atoms with van der Waals surface area (Å²) < 4.78 is 10.2. The molecule has 86 valence electrons. The molecule has 2 aromatic rings. The van der Waals surface area contributed by atoms with Gasteiger partial charge in [0, 0.05) is 11.1 Å². The second-order valence-corrected chi connectivity index (χ2v) is 4.30. The van der Waals surface area contributed by atoms with Crippen molar-refractivity contribution in [2.45, 2.75) is 0 Å². The summed E-state index contributed by atoms with van der Waals surface area (Å²) in [6.45, 7) is 0. The highest BCUT2D eigenvalue weighted by Gasteiger charge is 2.27. The third-order valence-electron chi connectivity index (χ3n) is 3.13. The van der Waals surface area contributed by atoms with Crippen LogP contribution >= 0.6 is 0 Å². The van der Waals surface area contributed by atoms with Crippen molar-refractivity contribution in [3.05, 3.63) is 47.5 Å². The summed E-state index contributed by atoms with van der Waals surface area (Å²) in [5, 5.41) is 0. The zero-order chi connectivity index (χ0) is 12.7. The van der Waals surface area contributed by atoms with Crippen molar-refractivity contribution < 1.29 is 13.3 Å². The van der Waals surface area contributed by atoms with Gasteiger partial charge in [-0.25, -0.2) is 0 Å². The summed E-state index contributed by atoms with van der Waals surface area (Å²) in [5.74, 6) is 1.37. The maximum Gasteiger partial charge on any atom is 0.482 e. The lowest BCUT2D eigenvalue weighted by atomic mass is 10.1. The Morgan fingerprint density at radius 2 is 1.44 bits per heavy atom. The molecule has 0 aliphatic heterocycles. The Hall–Kier alpha value is -1.76. The van der Waals surface area contributed by atoms with Gasteiger partial charge in [0.25, 0.3) is 0 Å². The summed E-state index contributed by atoms with van der Waals surface area (Å²) in [6, 6.07) is 11.1. The smallest absolute Gasteiger partial charge is 0.482 e. The molecule has 0 aromatic heterocycles. The minimum atomic E-state index is 0.0165. The Bertz CT molecular complexity index is 594. The predicted octanol–water partition coefficient (Wildman–Crippen LogP) is 2.37. The van der Waals surface area contributed by atoms with Gasteiger partial charge in [-0.1, -0.05) is 6.07 Å². The van der Waals surface area contributed by atoms with E-state index in [0.29, 0.717) is 22.6 Å². The van der Waals surface area contributed by atoms with Gasteiger partial charge in [-0.05, 0) is 41.5 Å². The van der Waals surface area contributed by atoms with Crippen molar-refractivity contribution in [3.8, 4) is 22.6 Å². The molecule has 0 amide bonds. The standard InChI is InChI=1S/C14H10O3.Al/c1-17-9-3-5-11-10-4-2-8(15)6-12(10)14(16)13(11)7-9;/h2-7,15H,1H3;/q;+1/p-1. The topological polar surface area (TPSA) is 35.5 Å². The fourth-order valence-electron chi connectivity index (χ4n) is 2.24. The van der Waals surface area contributed by atoms with E-state index in [1.54, 1.807) is 19.2 Å². The molecule has 2 aromatic carbocycles. The minimum absolute atomic E-state index is 0.0165. The van der Waals surface area contributed by atoms with E-state index >= 15 is 0 Å². The third-order valence-corrected chi connectivity index (χ3v) is 3.41. The predicted molar refractivity (Wildman–Crippen MR) is 68.2 cm³/mol. The van der Waals surface area contributed by atoms with Gasteiger partial charge >= 0.3 is 16.6 Å². The lowest BCUT2D eigenvalue weighted by molar-refractivity contribution is 0.104. The Kier molecular flexibility index (Phi) is 2.62. The summed E-state index contributed by atoms with van der Waals surface area (Å²) in [6.07, 6.45) is 0. The van der Waals surface area contributed by atoms with Crippen molar-refractivity contribution in [1.82, 2.24) is 0 Å². The van der Waals surface area contributed by atoms with E-state index < -0.39 is 0 Å². The van der Waals surface area contributed by atoms with Crippen LogP contribution in [0, 0.1) is 0 Å². The Balaban J connectivity index is 2.21. The molecule has 1 aliphatic rings. The zero-order valence-electron chi connectivity index (χ0n) is 9.77. The third kappa shape index (κ3) is 1.54. The monoisotopic (exact) mass is 252 g/mol. The van der Waals surface area contributed by atoms with Crippen LogP contribution in [0.1, 0.15) is 15.9 Å². The largest absolute Gasteiger partial charge is 0.654 e. The van der Waals surface area contributed by atoms with Crippen LogP contribution in [-0.2, 0) is 0 Å². The number of hydrogen-bond donors (Lipinski definition) is 0. The number of methoxy groups -OCH3 is 1. The summed E-state index contributed by atoms with van der Waals surface area (Å²) in [4.78, 5) is 12.3. The Morgan fingerprint density at radius 3 is 2.00 bits per heavy atom. The maximum absolute atomic E-state index is 12.3. The van der Waals surface area contributed by atoms with E-state index in [4.69, 9.17) is 8.53 Å². The van der Waals surface area contributed by atoms with E-state index in [1.165, 1.54) is 0 Å². The van der Waals surface area contributed by atoms with E-state index in [1.807, 2.05) is 24.3 Å². The van der Waals surface area contributed by atoms with Gasteiger partial charge in [-0.2, -0.15) is 0 Å². The number of ether oxygens (including phenoxy) is 1. The number of carbonyl (C=O) groups is 1. The van der Waals surface area contributed by atoms with Gasteiger partial charge in [-0.3, -0.25) is 4.79 Å². The van der Waals surface area contributed by atoms with Crippen LogP contribution < -0.4 is 8.53 Å². The molecule has 0 fully saturated rings. The van der Waals surface area contributed by atoms with Crippen molar-refractivity contribution in [2.24, 2.45) is 0 Å². The second-order valence-electron chi connectivity index (χ2n) is 4.07. The first-order valence-electron chi connectivity index (χ1n) is 5.48. The average molecular weight is 252 g/mol. The van der Waals surface area contributed by atoms with E-state index in [2.05, 4.69) is 16.6 Å². The minimum Gasteiger partial charge on any atom is -0.654 e. The molecular formula is C14H9AlO3. The number of carbonyl (C=O) groups excluding carboxylic acids is 1. The fourth-order valence-corrected chi connectivity index (χ4v) is 2.38. The number of hydrogen-bond acceptors (Lipinski definition) is 3. The van der Waals surface area contributed by atoms with Gasteiger partial charge < -0.3 is 8.53 Å². The Morgan fingerprint density at radius 1 is 0.889 bits per heavy atom. The SMILES string of the molecule is COc1ccc2c(c1)C(=O)c1cc([O][Al])ccc1-2. The van der Waals surface area contributed by atoms with Crippen LogP contribution in [-0.4, -0.2) is 29.5 Å². The van der Waals surface area contributed by atoms with Crippen molar-refractivity contribution in [1.29, 1.82) is 0 Å². The van der Waals surface area contributed by atoms with Gasteiger partial charge in [0.2, 0.25) is 0 Å². The molecule has 0 unspecified atom stereocenters. The molecular weight excluding hydrogens is 243 g/mol. The van der Waals surface area contributed by atoms with Crippen molar-refractivity contribution >= 4 is 22.4 Å². The quantitative estimate of drug-likeness (QED) is 0.657. The number of rotatable bonds is 2. The highest BCUT2D eigenvalue weighted by Crippen LogP contribution is 2.39. The number of benzene rings is 2. The normalized spacial score (nSPS) is 11.9. The van der Waals surface area contributed by atoms with E-state index in [-0.39, 0.29) is 5.78 Å². The zero-order valence-corrected chi connectivity index (χ0v) is 10.9. The summed E-state index contributed by atoms with van der Waals surface area (Å²) in [7, 11) is 1.59. The molecule has 0 atom stereocenters. The van der Waals surface area contributed by atoms with Gasteiger partial charge in [-0.15, -0.1) is 0 Å². The molecule has 0 N–H and O–H groups in total. The van der Waals surface area contributed by atoms with Crippen LogP contribution in [0.5, 0.6) is 11.5 Å². The molecule has 2 radical (unpaired) electrons. The molecule has 0 heterocycles. The number of ketones is 1. The lowest BCUT2D eigenvalue weighted by Crippen LogP contribution is -1.96. The van der Waals surface area contributed by atoms with Crippen molar-refractivity contribution in [2.75, 3.05) is 7.11 Å². The molecule has 0 bridgehead atoms. The van der Waals surface area contributed by atoms with Crippen LogP contribution in [0.4, 0.5) is 0 Å².